The van der Waals surface area contributed by atoms with Gasteiger partial charge >= 0.3 is 0 Å². The molecule has 0 aliphatic rings. The molecule has 0 fully saturated rings. The number of para-hydroxylation sites is 1. The van der Waals surface area contributed by atoms with Gasteiger partial charge < -0.3 is 10.2 Å². The first-order valence-electron chi connectivity index (χ1n) is 7.10. The van der Waals surface area contributed by atoms with Crippen molar-refractivity contribution in [3.8, 4) is 0 Å². The normalized spacial score (nSPS) is 13.5. The van der Waals surface area contributed by atoms with Gasteiger partial charge in [0.2, 0.25) is 0 Å². The fourth-order valence-electron chi connectivity index (χ4n) is 2.12. The topological polar surface area (TPSA) is 33.5 Å². The van der Waals surface area contributed by atoms with Gasteiger partial charge in [0.15, 0.2) is 6.04 Å². The van der Waals surface area contributed by atoms with E-state index in [1.165, 1.54) is 6.07 Å². The number of amides is 1. The molecule has 2 aromatic carbocycles. The number of rotatable bonds is 5. The maximum Gasteiger partial charge on any atom is 0.282 e. The zero-order valence-electron chi connectivity index (χ0n) is 12.6. The summed E-state index contributed by atoms with van der Waals surface area (Å²) in [5, 5.41) is 2.64. The monoisotopic (exact) mass is 365 g/mol. The number of nitrogens with one attached hydrogen (secondary N) is 2. The second-order valence-electron chi connectivity index (χ2n) is 5.31. The number of anilines is 1. The van der Waals surface area contributed by atoms with Crippen molar-refractivity contribution in [2.45, 2.75) is 19.5 Å². The summed E-state index contributed by atoms with van der Waals surface area (Å²) in [6.07, 6.45) is 0. The van der Waals surface area contributed by atoms with Crippen LogP contribution in [0.15, 0.2) is 53.0 Å². The Morgan fingerprint density at radius 1 is 1.23 bits per heavy atom. The van der Waals surface area contributed by atoms with E-state index >= 15 is 0 Å². The third-order valence-corrected chi connectivity index (χ3v) is 4.46. The summed E-state index contributed by atoms with van der Waals surface area (Å²) in [5.74, 6) is -0.624. The minimum atomic E-state index is -0.425. The molecule has 116 valence electrons. The number of hydrogen-bond acceptors (Lipinski definition) is 1. The molecule has 1 unspecified atom stereocenters. The summed E-state index contributed by atoms with van der Waals surface area (Å²) in [6.45, 7) is 2.54. The summed E-state index contributed by atoms with van der Waals surface area (Å²) >= 11 is 3.51. The second kappa shape index (κ2) is 7.51. The van der Waals surface area contributed by atoms with Crippen molar-refractivity contribution < 1.29 is 14.1 Å². The van der Waals surface area contributed by atoms with Crippen LogP contribution < -0.4 is 10.2 Å². The number of hydrogen-bond donors (Lipinski definition) is 2. The first kappa shape index (κ1) is 16.6. The summed E-state index contributed by atoms with van der Waals surface area (Å²) in [4.78, 5) is 13.3. The number of likely N-dealkylation sites (N-methyl/N-ethyl adjacent to an activating group) is 1. The SMILES string of the molecule is C[C@H](C(=O)Nc1ccccc1F)[NH+](C)Cc1ccccc1Br. The third-order valence-electron chi connectivity index (χ3n) is 3.69. The van der Waals surface area contributed by atoms with Gasteiger partial charge in [0.05, 0.1) is 12.7 Å². The Morgan fingerprint density at radius 3 is 2.55 bits per heavy atom. The van der Waals surface area contributed by atoms with Gasteiger partial charge in [-0.1, -0.05) is 46.3 Å². The highest BCUT2D eigenvalue weighted by Crippen LogP contribution is 2.15. The molecule has 3 nitrogen and oxygen atoms in total. The molecule has 2 aromatic rings. The number of quaternary nitrogens is 1. The van der Waals surface area contributed by atoms with Crippen LogP contribution in [-0.2, 0) is 11.3 Å². The third kappa shape index (κ3) is 4.15. The highest BCUT2D eigenvalue weighted by molar-refractivity contribution is 9.10. The zero-order valence-corrected chi connectivity index (χ0v) is 14.2. The summed E-state index contributed by atoms with van der Waals surface area (Å²) in [5.41, 5.74) is 1.35. The average Bonchev–Trinajstić information content (AvgIpc) is 2.51. The molecule has 0 aliphatic heterocycles. The molecule has 2 N–H and O–H groups in total. The quantitative estimate of drug-likeness (QED) is 0.838. The molecule has 22 heavy (non-hydrogen) atoms. The predicted molar refractivity (Wildman–Crippen MR) is 89.2 cm³/mol. The Labute approximate surface area is 138 Å². The van der Waals surface area contributed by atoms with Crippen LogP contribution in [0.3, 0.4) is 0 Å². The summed E-state index contributed by atoms with van der Waals surface area (Å²) < 4.78 is 14.6. The molecular formula is C17H19BrFN2O+. The lowest BCUT2D eigenvalue weighted by Crippen LogP contribution is -3.12. The standard InChI is InChI=1S/C17H18BrFN2O/c1-12(17(22)20-16-10-6-5-9-15(16)19)21(2)11-13-7-3-4-8-14(13)18/h3-10,12H,11H2,1-2H3,(H,20,22)/p+1/t12-/m1/s1. The minimum Gasteiger partial charge on any atom is -0.324 e. The lowest BCUT2D eigenvalue weighted by atomic mass is 10.2. The van der Waals surface area contributed by atoms with Crippen molar-refractivity contribution in [3.63, 3.8) is 0 Å². The molecule has 0 heterocycles. The summed E-state index contributed by atoms with van der Waals surface area (Å²) in [7, 11) is 1.95. The average molecular weight is 366 g/mol. The molecule has 0 aliphatic carbocycles. The number of carbonyl (C=O) groups excluding carboxylic acids is 1. The van der Waals surface area contributed by atoms with Crippen LogP contribution in [0.5, 0.6) is 0 Å². The van der Waals surface area contributed by atoms with Gasteiger partial charge in [-0.2, -0.15) is 0 Å². The Morgan fingerprint density at radius 2 is 1.86 bits per heavy atom. The number of halogens is 2. The van der Waals surface area contributed by atoms with E-state index in [0.717, 1.165) is 14.9 Å². The molecule has 2 rings (SSSR count). The molecule has 0 bridgehead atoms. The molecular weight excluding hydrogens is 347 g/mol. The van der Waals surface area contributed by atoms with Crippen molar-refractivity contribution in [3.05, 3.63) is 64.4 Å². The van der Waals surface area contributed by atoms with Crippen molar-refractivity contribution >= 4 is 27.5 Å². The fourth-order valence-corrected chi connectivity index (χ4v) is 2.55. The van der Waals surface area contributed by atoms with Gasteiger partial charge in [-0.15, -0.1) is 0 Å². The lowest BCUT2D eigenvalue weighted by Gasteiger charge is -2.21. The van der Waals surface area contributed by atoms with Gasteiger partial charge in [-0.3, -0.25) is 4.79 Å². The van der Waals surface area contributed by atoms with Crippen LogP contribution in [0, 0.1) is 5.82 Å². The van der Waals surface area contributed by atoms with E-state index in [4.69, 9.17) is 0 Å². The van der Waals surface area contributed by atoms with Crippen molar-refractivity contribution in [2.75, 3.05) is 12.4 Å². The van der Waals surface area contributed by atoms with Crippen LogP contribution in [0.1, 0.15) is 12.5 Å². The Bertz CT molecular complexity index is 663. The van der Waals surface area contributed by atoms with Crippen molar-refractivity contribution in [1.82, 2.24) is 0 Å². The Hall–Kier alpha value is -1.72. The molecule has 0 aromatic heterocycles. The maximum absolute atomic E-state index is 13.6. The van der Waals surface area contributed by atoms with Crippen LogP contribution in [0.4, 0.5) is 10.1 Å². The fraction of sp³-hybridized carbons (Fsp3) is 0.235. The van der Waals surface area contributed by atoms with Crippen molar-refractivity contribution in [2.24, 2.45) is 0 Å². The summed E-state index contributed by atoms with van der Waals surface area (Å²) in [6, 6.07) is 13.8. The van der Waals surface area contributed by atoms with Gasteiger partial charge in [0, 0.05) is 10.0 Å². The van der Waals surface area contributed by atoms with Crippen LogP contribution >= 0.6 is 15.9 Å². The van der Waals surface area contributed by atoms with Gasteiger partial charge in [-0.25, -0.2) is 4.39 Å². The van der Waals surface area contributed by atoms with Gasteiger partial charge in [0.1, 0.15) is 12.4 Å². The molecule has 5 heteroatoms. The number of carbonyl (C=O) groups is 1. The number of benzene rings is 2. The highest BCUT2D eigenvalue weighted by Gasteiger charge is 2.23. The van der Waals surface area contributed by atoms with E-state index in [2.05, 4.69) is 21.2 Å². The zero-order chi connectivity index (χ0) is 16.1. The first-order valence-corrected chi connectivity index (χ1v) is 7.89. The second-order valence-corrected chi connectivity index (χ2v) is 6.16. The molecule has 1 amide bonds. The largest absolute Gasteiger partial charge is 0.324 e. The predicted octanol–water partition coefficient (Wildman–Crippen LogP) is 2.63. The molecule has 0 radical (unpaired) electrons. The van der Waals surface area contributed by atoms with E-state index in [0.29, 0.717) is 6.54 Å². The first-order chi connectivity index (χ1) is 10.5. The highest BCUT2D eigenvalue weighted by atomic mass is 79.9. The van der Waals surface area contributed by atoms with Crippen LogP contribution in [0.25, 0.3) is 0 Å². The van der Waals surface area contributed by atoms with Crippen LogP contribution in [-0.4, -0.2) is 19.0 Å². The van der Waals surface area contributed by atoms with Crippen LogP contribution in [0.2, 0.25) is 0 Å². The maximum atomic E-state index is 13.6. The molecule has 0 saturated carbocycles. The van der Waals surface area contributed by atoms with E-state index in [1.54, 1.807) is 18.2 Å². The molecule has 0 saturated heterocycles. The van der Waals surface area contributed by atoms with E-state index in [-0.39, 0.29) is 17.6 Å². The lowest BCUT2D eigenvalue weighted by molar-refractivity contribution is -0.907. The van der Waals surface area contributed by atoms with E-state index < -0.39 is 5.82 Å². The molecule has 2 atom stereocenters. The smallest absolute Gasteiger partial charge is 0.282 e. The van der Waals surface area contributed by atoms with Gasteiger partial charge in [-0.05, 0) is 25.1 Å². The van der Waals surface area contributed by atoms with E-state index in [1.807, 2.05) is 38.2 Å². The van der Waals surface area contributed by atoms with Crippen molar-refractivity contribution in [1.29, 1.82) is 0 Å². The minimum absolute atomic E-state index is 0.199. The van der Waals surface area contributed by atoms with E-state index in [9.17, 15) is 9.18 Å². The Balaban J connectivity index is 2.01. The molecule has 0 spiro atoms. The van der Waals surface area contributed by atoms with Gasteiger partial charge in [0.25, 0.3) is 5.91 Å². The Kier molecular flexibility index (Phi) is 5.69.